The van der Waals surface area contributed by atoms with Crippen LogP contribution in [0.15, 0.2) is 0 Å². The van der Waals surface area contributed by atoms with Crippen molar-refractivity contribution in [1.82, 2.24) is 10.2 Å². The predicted molar refractivity (Wildman–Crippen MR) is 95.4 cm³/mol. The Kier molecular flexibility index (Phi) is 7.67. The molecule has 0 bridgehead atoms. The Bertz CT molecular complexity index is 435. The highest BCUT2D eigenvalue weighted by Crippen LogP contribution is 2.51. The van der Waals surface area contributed by atoms with Crippen LogP contribution < -0.4 is 11.1 Å². The van der Waals surface area contributed by atoms with Crippen molar-refractivity contribution in [1.29, 1.82) is 0 Å². The third-order valence-electron chi connectivity index (χ3n) is 5.72. The number of carbonyl (C=O) groups excluding carboxylic acids is 2. The monoisotopic (exact) mass is 341 g/mol. The molecule has 0 radical (unpaired) electrons. The molecule has 0 saturated heterocycles. The van der Waals surface area contributed by atoms with Gasteiger partial charge in [-0.2, -0.15) is 0 Å². The van der Waals surface area contributed by atoms with Crippen molar-refractivity contribution in [2.24, 2.45) is 17.1 Å². The first-order valence-corrected chi connectivity index (χ1v) is 9.15. The first kappa shape index (κ1) is 20.9. The van der Waals surface area contributed by atoms with E-state index in [0.717, 1.165) is 19.3 Å². The van der Waals surface area contributed by atoms with E-state index in [4.69, 9.17) is 10.5 Å². The van der Waals surface area contributed by atoms with Crippen LogP contribution in [0.25, 0.3) is 0 Å². The van der Waals surface area contributed by atoms with Crippen LogP contribution in [0.3, 0.4) is 0 Å². The van der Waals surface area contributed by atoms with Crippen LogP contribution >= 0.6 is 0 Å². The summed E-state index contributed by atoms with van der Waals surface area (Å²) in [5, 5.41) is 2.66. The predicted octanol–water partition coefficient (Wildman–Crippen LogP) is 1.53. The second-order valence-corrected chi connectivity index (χ2v) is 7.13. The SMILES string of the molecule is CCOC1CC(N(C)C(=O)CNC(=O)[C@@H](N)C(C)C)C1(CC)CC. The molecule has 3 atom stereocenters. The molecule has 3 N–H and O–H groups in total. The van der Waals surface area contributed by atoms with Crippen LogP contribution in [0.5, 0.6) is 0 Å². The zero-order chi connectivity index (χ0) is 18.5. The molecular formula is C18H35N3O3. The van der Waals surface area contributed by atoms with Gasteiger partial charge < -0.3 is 20.7 Å². The molecule has 24 heavy (non-hydrogen) atoms. The van der Waals surface area contributed by atoms with Crippen LogP contribution in [-0.4, -0.2) is 55.1 Å². The molecule has 140 valence electrons. The van der Waals surface area contributed by atoms with Crippen LogP contribution in [0.2, 0.25) is 0 Å². The number of nitrogens with two attached hydrogens (primary N) is 1. The lowest BCUT2D eigenvalue weighted by Gasteiger charge is -2.58. The lowest BCUT2D eigenvalue weighted by molar-refractivity contribution is -0.176. The van der Waals surface area contributed by atoms with Gasteiger partial charge in [0.25, 0.3) is 0 Å². The summed E-state index contributed by atoms with van der Waals surface area (Å²) in [7, 11) is 1.82. The third-order valence-corrected chi connectivity index (χ3v) is 5.72. The van der Waals surface area contributed by atoms with Gasteiger partial charge in [0.15, 0.2) is 0 Å². The second-order valence-electron chi connectivity index (χ2n) is 7.13. The van der Waals surface area contributed by atoms with E-state index in [1.165, 1.54) is 0 Å². The summed E-state index contributed by atoms with van der Waals surface area (Å²) < 4.78 is 5.87. The molecule has 6 nitrogen and oxygen atoms in total. The summed E-state index contributed by atoms with van der Waals surface area (Å²) >= 11 is 0. The van der Waals surface area contributed by atoms with Gasteiger partial charge in [-0.05, 0) is 32.1 Å². The fourth-order valence-corrected chi connectivity index (χ4v) is 3.76. The summed E-state index contributed by atoms with van der Waals surface area (Å²) in [6.07, 6.45) is 3.01. The molecule has 0 aromatic heterocycles. The van der Waals surface area contributed by atoms with E-state index >= 15 is 0 Å². The maximum atomic E-state index is 12.5. The number of ether oxygens (including phenoxy) is 1. The minimum Gasteiger partial charge on any atom is -0.378 e. The second kappa shape index (κ2) is 8.81. The van der Waals surface area contributed by atoms with Crippen molar-refractivity contribution < 1.29 is 14.3 Å². The number of likely N-dealkylation sites (N-methyl/N-ethyl adjacent to an activating group) is 1. The zero-order valence-corrected chi connectivity index (χ0v) is 16.1. The van der Waals surface area contributed by atoms with E-state index < -0.39 is 6.04 Å². The lowest BCUT2D eigenvalue weighted by Crippen LogP contribution is -2.65. The van der Waals surface area contributed by atoms with Crippen molar-refractivity contribution in [2.45, 2.75) is 72.1 Å². The van der Waals surface area contributed by atoms with Crippen molar-refractivity contribution in [3.05, 3.63) is 0 Å². The number of hydrogen-bond acceptors (Lipinski definition) is 4. The van der Waals surface area contributed by atoms with E-state index in [1.54, 1.807) is 4.90 Å². The molecule has 6 heteroatoms. The Morgan fingerprint density at radius 3 is 2.33 bits per heavy atom. The summed E-state index contributed by atoms with van der Waals surface area (Å²) in [6, 6.07) is -0.424. The Morgan fingerprint density at radius 1 is 1.29 bits per heavy atom. The molecule has 0 aromatic rings. The number of carbonyl (C=O) groups is 2. The average molecular weight is 341 g/mol. The maximum absolute atomic E-state index is 12.5. The quantitative estimate of drug-likeness (QED) is 0.666. The fourth-order valence-electron chi connectivity index (χ4n) is 3.76. The molecule has 1 aliphatic carbocycles. The zero-order valence-electron chi connectivity index (χ0n) is 16.1. The van der Waals surface area contributed by atoms with Gasteiger partial charge in [-0.15, -0.1) is 0 Å². The smallest absolute Gasteiger partial charge is 0.241 e. The average Bonchev–Trinajstić information content (AvgIpc) is 2.55. The molecule has 0 spiro atoms. The normalized spacial score (nSPS) is 23.5. The molecule has 2 amide bonds. The number of amides is 2. The molecule has 0 aliphatic heterocycles. The molecule has 0 heterocycles. The van der Waals surface area contributed by atoms with Crippen LogP contribution in [0, 0.1) is 11.3 Å². The van der Waals surface area contributed by atoms with Gasteiger partial charge in [0.1, 0.15) is 0 Å². The van der Waals surface area contributed by atoms with E-state index in [-0.39, 0.29) is 41.8 Å². The topological polar surface area (TPSA) is 84.7 Å². The van der Waals surface area contributed by atoms with Crippen LogP contribution in [-0.2, 0) is 14.3 Å². The number of nitrogens with zero attached hydrogens (tertiary/aromatic N) is 1. The van der Waals surface area contributed by atoms with E-state index in [2.05, 4.69) is 19.2 Å². The number of nitrogens with one attached hydrogen (secondary N) is 1. The van der Waals surface area contributed by atoms with Gasteiger partial charge in [-0.3, -0.25) is 9.59 Å². The minimum atomic E-state index is -0.584. The summed E-state index contributed by atoms with van der Waals surface area (Å²) in [5.74, 6) is -0.306. The third kappa shape index (κ3) is 4.09. The maximum Gasteiger partial charge on any atom is 0.241 e. The number of hydrogen-bond donors (Lipinski definition) is 2. The van der Waals surface area contributed by atoms with Crippen molar-refractivity contribution in [2.75, 3.05) is 20.2 Å². The van der Waals surface area contributed by atoms with Gasteiger partial charge >= 0.3 is 0 Å². The Hall–Kier alpha value is -1.14. The summed E-state index contributed by atoms with van der Waals surface area (Å²) in [4.78, 5) is 26.2. The van der Waals surface area contributed by atoms with Crippen LogP contribution in [0.1, 0.15) is 53.9 Å². The number of rotatable bonds is 9. The van der Waals surface area contributed by atoms with Crippen molar-refractivity contribution in [3.8, 4) is 0 Å². The molecule has 1 rings (SSSR count). The highest BCUT2D eigenvalue weighted by atomic mass is 16.5. The van der Waals surface area contributed by atoms with Gasteiger partial charge in [0, 0.05) is 25.1 Å². The van der Waals surface area contributed by atoms with Crippen molar-refractivity contribution in [3.63, 3.8) is 0 Å². The van der Waals surface area contributed by atoms with Crippen LogP contribution in [0.4, 0.5) is 0 Å². The van der Waals surface area contributed by atoms with E-state index in [1.807, 2.05) is 27.8 Å². The van der Waals surface area contributed by atoms with E-state index in [9.17, 15) is 9.59 Å². The summed E-state index contributed by atoms with van der Waals surface area (Å²) in [6.45, 7) is 10.8. The molecule has 2 unspecified atom stereocenters. The molecule has 1 fully saturated rings. The van der Waals surface area contributed by atoms with Gasteiger partial charge in [0.05, 0.1) is 18.7 Å². The largest absolute Gasteiger partial charge is 0.378 e. The van der Waals surface area contributed by atoms with Gasteiger partial charge in [-0.1, -0.05) is 27.7 Å². The Balaban J connectivity index is 2.64. The van der Waals surface area contributed by atoms with Crippen molar-refractivity contribution >= 4 is 11.8 Å². The molecular weight excluding hydrogens is 306 g/mol. The van der Waals surface area contributed by atoms with Gasteiger partial charge in [-0.25, -0.2) is 0 Å². The first-order chi connectivity index (χ1) is 11.2. The minimum absolute atomic E-state index is 0.00490. The first-order valence-electron chi connectivity index (χ1n) is 9.15. The fraction of sp³-hybridized carbons (Fsp3) is 0.889. The highest BCUT2D eigenvalue weighted by Gasteiger charge is 2.55. The highest BCUT2D eigenvalue weighted by molar-refractivity contribution is 5.87. The molecule has 0 aromatic carbocycles. The van der Waals surface area contributed by atoms with Gasteiger partial charge in [0.2, 0.25) is 11.8 Å². The standard InChI is InChI=1S/C18H35N3O3/c1-7-18(8-2)13(10-14(18)24-9-3)21(6)15(22)11-20-17(23)16(19)12(4)5/h12-14,16H,7-11,19H2,1-6H3,(H,20,23)/t13?,14?,16-/m0/s1. The molecule has 1 aliphatic rings. The Labute approximate surface area is 146 Å². The summed E-state index contributed by atoms with van der Waals surface area (Å²) in [5.41, 5.74) is 5.82. The Morgan fingerprint density at radius 2 is 1.88 bits per heavy atom. The van der Waals surface area contributed by atoms with E-state index in [0.29, 0.717) is 6.61 Å². The molecule has 1 saturated carbocycles. The lowest BCUT2D eigenvalue weighted by atomic mass is 9.58.